The lowest BCUT2D eigenvalue weighted by atomic mass is 10.1. The number of aliphatic carboxylic acids is 1. The van der Waals surface area contributed by atoms with Gasteiger partial charge >= 0.3 is 5.97 Å². The van der Waals surface area contributed by atoms with E-state index in [0.29, 0.717) is 18.1 Å². The smallest absolute Gasteiger partial charge is 0.328 e. The summed E-state index contributed by atoms with van der Waals surface area (Å²) in [5.41, 5.74) is 1.49. The molecule has 1 rings (SSSR count). The number of hydrogen-bond acceptors (Lipinski definition) is 3. The molecule has 20 heavy (non-hydrogen) atoms. The van der Waals surface area contributed by atoms with Gasteiger partial charge in [-0.25, -0.2) is 4.79 Å². The fourth-order valence-corrected chi connectivity index (χ4v) is 2.21. The van der Waals surface area contributed by atoms with Crippen LogP contribution in [0.25, 0.3) is 6.08 Å². The molecule has 106 valence electrons. The van der Waals surface area contributed by atoms with Crippen LogP contribution < -0.4 is 4.90 Å². The van der Waals surface area contributed by atoms with Gasteiger partial charge in [-0.1, -0.05) is 23.7 Å². The van der Waals surface area contributed by atoms with Gasteiger partial charge in [-0.3, -0.25) is 0 Å². The molecule has 0 fully saturated rings. The van der Waals surface area contributed by atoms with E-state index in [0.717, 1.165) is 17.3 Å². The molecule has 0 radical (unpaired) electrons. The lowest BCUT2D eigenvalue weighted by Crippen LogP contribution is -2.28. The van der Waals surface area contributed by atoms with Crippen molar-refractivity contribution in [3.05, 3.63) is 34.9 Å². The van der Waals surface area contributed by atoms with Crippen molar-refractivity contribution < 1.29 is 9.90 Å². The Morgan fingerprint density at radius 2 is 2.30 bits per heavy atom. The summed E-state index contributed by atoms with van der Waals surface area (Å²) in [7, 11) is 0. The first-order valence-electron chi connectivity index (χ1n) is 6.33. The van der Waals surface area contributed by atoms with Crippen LogP contribution in [0, 0.1) is 17.2 Å². The molecule has 1 atom stereocenters. The minimum atomic E-state index is -1.01. The average Bonchev–Trinajstić information content (AvgIpc) is 2.42. The number of nitrogens with zero attached hydrogens (tertiary/aromatic N) is 2. The number of nitriles is 1. The molecule has 0 saturated carbocycles. The van der Waals surface area contributed by atoms with Gasteiger partial charge in [0, 0.05) is 19.2 Å². The van der Waals surface area contributed by atoms with Gasteiger partial charge in [0.05, 0.1) is 22.7 Å². The van der Waals surface area contributed by atoms with E-state index in [2.05, 4.69) is 6.07 Å². The number of carbonyl (C=O) groups is 1. The number of anilines is 1. The first kappa shape index (κ1) is 16.1. The summed E-state index contributed by atoms with van der Waals surface area (Å²) in [6, 6.07) is 7.53. The first-order valence-corrected chi connectivity index (χ1v) is 6.71. The second kappa shape index (κ2) is 7.56. The van der Waals surface area contributed by atoms with Gasteiger partial charge in [-0.05, 0) is 31.6 Å². The van der Waals surface area contributed by atoms with E-state index in [9.17, 15) is 4.79 Å². The number of carboxylic acid groups (broad SMARTS) is 1. The average molecular weight is 293 g/mol. The van der Waals surface area contributed by atoms with Crippen LogP contribution in [0.5, 0.6) is 0 Å². The topological polar surface area (TPSA) is 64.3 Å². The van der Waals surface area contributed by atoms with E-state index >= 15 is 0 Å². The molecule has 0 heterocycles. The molecule has 5 heteroatoms. The fourth-order valence-electron chi connectivity index (χ4n) is 1.91. The van der Waals surface area contributed by atoms with Crippen LogP contribution in [0.4, 0.5) is 5.69 Å². The number of carboxylic acids is 1. The van der Waals surface area contributed by atoms with Gasteiger partial charge in [0.1, 0.15) is 0 Å². The van der Waals surface area contributed by atoms with Crippen LogP contribution in [0.1, 0.15) is 19.4 Å². The molecule has 0 bridgehead atoms. The monoisotopic (exact) mass is 292 g/mol. The van der Waals surface area contributed by atoms with Crippen molar-refractivity contribution in [1.82, 2.24) is 0 Å². The number of hydrogen-bond donors (Lipinski definition) is 1. The van der Waals surface area contributed by atoms with Crippen molar-refractivity contribution in [2.75, 3.05) is 18.0 Å². The Morgan fingerprint density at radius 3 is 2.85 bits per heavy atom. The highest BCUT2D eigenvalue weighted by molar-refractivity contribution is 6.33. The molecule has 0 amide bonds. The van der Waals surface area contributed by atoms with E-state index in [1.165, 1.54) is 6.08 Å². The largest absolute Gasteiger partial charge is 0.478 e. The summed E-state index contributed by atoms with van der Waals surface area (Å²) in [4.78, 5) is 12.6. The van der Waals surface area contributed by atoms with Crippen LogP contribution in [0.15, 0.2) is 24.3 Å². The number of rotatable bonds is 6. The van der Waals surface area contributed by atoms with Crippen LogP contribution in [0.3, 0.4) is 0 Å². The lowest BCUT2D eigenvalue weighted by Gasteiger charge is -2.27. The standard InChI is InChI=1S/C15H17ClN2O2/c1-3-18(10-11(2)9-17)15-12(7-8-14(19)20)5-4-6-13(15)16/h4-8,11H,3,10H2,1-2H3,(H,19,20)/b8-7+. The van der Waals surface area contributed by atoms with Gasteiger partial charge in [0.25, 0.3) is 0 Å². The second-order valence-electron chi connectivity index (χ2n) is 4.42. The zero-order valence-corrected chi connectivity index (χ0v) is 12.3. The van der Waals surface area contributed by atoms with Crippen LogP contribution in [0.2, 0.25) is 5.02 Å². The summed E-state index contributed by atoms with van der Waals surface area (Å²) in [5, 5.41) is 18.2. The molecule has 0 spiro atoms. The molecule has 4 nitrogen and oxygen atoms in total. The van der Waals surface area contributed by atoms with E-state index in [1.54, 1.807) is 18.2 Å². The predicted molar refractivity (Wildman–Crippen MR) is 80.8 cm³/mol. The number of benzene rings is 1. The van der Waals surface area contributed by atoms with Crippen molar-refractivity contribution in [1.29, 1.82) is 5.26 Å². The summed E-state index contributed by atoms with van der Waals surface area (Å²) in [6.45, 7) is 5.04. The van der Waals surface area contributed by atoms with E-state index < -0.39 is 5.97 Å². The maximum Gasteiger partial charge on any atom is 0.328 e. The molecule has 0 saturated heterocycles. The van der Waals surface area contributed by atoms with Gasteiger partial charge in [-0.2, -0.15) is 5.26 Å². The van der Waals surface area contributed by atoms with Gasteiger partial charge in [-0.15, -0.1) is 0 Å². The zero-order valence-electron chi connectivity index (χ0n) is 11.5. The third kappa shape index (κ3) is 4.29. The summed E-state index contributed by atoms with van der Waals surface area (Å²) in [6.07, 6.45) is 2.60. The maximum absolute atomic E-state index is 10.7. The minimum absolute atomic E-state index is 0.137. The Balaban J connectivity index is 3.19. The van der Waals surface area contributed by atoms with Gasteiger partial charge in [0.2, 0.25) is 0 Å². The third-order valence-corrected chi connectivity index (χ3v) is 3.14. The van der Waals surface area contributed by atoms with Crippen molar-refractivity contribution in [2.24, 2.45) is 5.92 Å². The quantitative estimate of drug-likeness (QED) is 0.816. The Morgan fingerprint density at radius 1 is 1.60 bits per heavy atom. The Hall–Kier alpha value is -1.99. The van der Waals surface area contributed by atoms with Gasteiger partial charge in [0.15, 0.2) is 0 Å². The molecule has 1 aromatic rings. The Bertz CT molecular complexity index is 549. The molecule has 1 aromatic carbocycles. The van der Waals surface area contributed by atoms with Gasteiger partial charge < -0.3 is 10.0 Å². The molecular weight excluding hydrogens is 276 g/mol. The molecule has 0 aromatic heterocycles. The van der Waals surface area contributed by atoms with E-state index in [1.807, 2.05) is 18.7 Å². The van der Waals surface area contributed by atoms with E-state index in [-0.39, 0.29) is 5.92 Å². The summed E-state index contributed by atoms with van der Waals surface area (Å²) >= 11 is 6.24. The number of para-hydroxylation sites is 1. The summed E-state index contributed by atoms with van der Waals surface area (Å²) in [5.74, 6) is -1.15. The zero-order chi connectivity index (χ0) is 15.1. The lowest BCUT2D eigenvalue weighted by molar-refractivity contribution is -0.131. The van der Waals surface area contributed by atoms with Crippen molar-refractivity contribution in [2.45, 2.75) is 13.8 Å². The molecule has 0 aliphatic heterocycles. The van der Waals surface area contributed by atoms with Crippen molar-refractivity contribution >= 4 is 29.3 Å². The van der Waals surface area contributed by atoms with Crippen LogP contribution in [-0.2, 0) is 4.79 Å². The molecule has 0 aliphatic rings. The first-order chi connectivity index (χ1) is 9.49. The van der Waals surface area contributed by atoms with Crippen molar-refractivity contribution in [3.63, 3.8) is 0 Å². The highest BCUT2D eigenvalue weighted by Gasteiger charge is 2.15. The molecular formula is C15H17ClN2O2. The molecule has 1 N–H and O–H groups in total. The minimum Gasteiger partial charge on any atom is -0.478 e. The highest BCUT2D eigenvalue weighted by atomic mass is 35.5. The Kier molecular flexibility index (Phi) is 6.08. The van der Waals surface area contributed by atoms with Crippen LogP contribution in [-0.4, -0.2) is 24.2 Å². The summed E-state index contributed by atoms with van der Waals surface area (Å²) < 4.78 is 0. The highest BCUT2D eigenvalue weighted by Crippen LogP contribution is 2.31. The number of halogens is 1. The SMILES string of the molecule is CCN(CC(C)C#N)c1c(Cl)cccc1/C=C/C(=O)O. The molecule has 0 aliphatic carbocycles. The fraction of sp³-hybridized carbons (Fsp3) is 0.333. The predicted octanol–water partition coefficient (Wildman–Crippen LogP) is 3.42. The third-order valence-electron chi connectivity index (χ3n) is 2.84. The Labute approximate surface area is 123 Å². The molecule has 1 unspecified atom stereocenters. The second-order valence-corrected chi connectivity index (χ2v) is 4.83. The maximum atomic E-state index is 10.7. The van der Waals surface area contributed by atoms with Crippen LogP contribution >= 0.6 is 11.6 Å². The van der Waals surface area contributed by atoms with Crippen molar-refractivity contribution in [3.8, 4) is 6.07 Å². The van der Waals surface area contributed by atoms with E-state index in [4.69, 9.17) is 22.0 Å². The normalized spacial score (nSPS) is 12.1.